The van der Waals surface area contributed by atoms with E-state index in [4.69, 9.17) is 9.47 Å². The van der Waals surface area contributed by atoms with Crippen molar-refractivity contribution in [2.24, 2.45) is 0 Å². The van der Waals surface area contributed by atoms with E-state index in [0.29, 0.717) is 45.8 Å². The number of fused-ring (bicyclic) bond motifs is 1. The Morgan fingerprint density at radius 1 is 0.848 bits per heavy atom. The lowest BCUT2D eigenvalue weighted by molar-refractivity contribution is 0.343. The summed E-state index contributed by atoms with van der Waals surface area (Å²) in [6, 6.07) is 6.53. The molecule has 0 saturated heterocycles. The molecule has 0 saturated carbocycles. The molecule has 0 unspecified atom stereocenters. The predicted molar refractivity (Wildman–Crippen MR) is 129 cm³/mol. The van der Waals surface area contributed by atoms with E-state index in [0.717, 1.165) is 6.20 Å². The third-order valence-corrected chi connectivity index (χ3v) is 3.91. The standard InChI is InChI=1S/C19H16FN7O2.C3H9N.2H2/c1-28-16-7-13(10-24-18(16)29-2)26-19-21-4-3-17(27-19)25-12-6-15-14(23-9-12)5-11(20)8-22-15;1-4(2)3;;/h3-10H,1-2H3,(H2,21,25,26,27);1-3H3;2*1H. The number of pyridine rings is 3. The van der Waals surface area contributed by atoms with Crippen LogP contribution in [0.2, 0.25) is 0 Å². The summed E-state index contributed by atoms with van der Waals surface area (Å²) in [6.45, 7) is 0. The van der Waals surface area contributed by atoms with Gasteiger partial charge in [-0.3, -0.25) is 9.97 Å². The summed E-state index contributed by atoms with van der Waals surface area (Å²) in [7, 11) is 9.05. The van der Waals surface area contributed by atoms with Crippen LogP contribution in [0.15, 0.2) is 49.1 Å². The number of aromatic nitrogens is 5. The summed E-state index contributed by atoms with van der Waals surface area (Å²) >= 11 is 0. The van der Waals surface area contributed by atoms with Crippen LogP contribution >= 0.6 is 0 Å². The second-order valence-corrected chi connectivity index (χ2v) is 7.21. The number of halogens is 1. The molecule has 0 amide bonds. The molecule has 0 radical (unpaired) electrons. The lowest BCUT2D eigenvalue weighted by atomic mass is 10.3. The first-order valence-electron chi connectivity index (χ1n) is 9.85. The highest BCUT2D eigenvalue weighted by Crippen LogP contribution is 2.28. The van der Waals surface area contributed by atoms with Crippen LogP contribution in [0.3, 0.4) is 0 Å². The van der Waals surface area contributed by atoms with Crippen molar-refractivity contribution in [2.75, 3.05) is 46.0 Å². The molecule has 4 aromatic heterocycles. The van der Waals surface area contributed by atoms with Crippen LogP contribution in [0.5, 0.6) is 11.6 Å². The highest BCUT2D eigenvalue weighted by molar-refractivity contribution is 5.78. The molecular weight excluding hydrogens is 427 g/mol. The summed E-state index contributed by atoms with van der Waals surface area (Å²) in [5, 5.41) is 6.19. The number of nitrogens with zero attached hydrogens (tertiary/aromatic N) is 6. The molecule has 0 atom stereocenters. The average Bonchev–Trinajstić information content (AvgIpc) is 2.79. The minimum atomic E-state index is -0.429. The number of hydrogen-bond acceptors (Lipinski definition) is 10. The summed E-state index contributed by atoms with van der Waals surface area (Å²) in [4.78, 5) is 23.0. The van der Waals surface area contributed by atoms with Crippen LogP contribution < -0.4 is 20.1 Å². The molecular formula is C22H29FN8O2. The molecule has 2 N–H and O–H groups in total. The quantitative estimate of drug-likeness (QED) is 0.439. The molecule has 4 aromatic rings. The molecule has 0 aliphatic rings. The monoisotopic (exact) mass is 456 g/mol. The highest BCUT2D eigenvalue weighted by Gasteiger charge is 2.08. The van der Waals surface area contributed by atoms with Gasteiger partial charge in [0.2, 0.25) is 5.95 Å². The number of hydrogen-bond donors (Lipinski definition) is 2. The number of ether oxygens (including phenoxy) is 2. The van der Waals surface area contributed by atoms with Gasteiger partial charge in [0.15, 0.2) is 5.75 Å². The maximum absolute atomic E-state index is 13.2. The van der Waals surface area contributed by atoms with Crippen molar-refractivity contribution in [2.45, 2.75) is 0 Å². The molecule has 11 heteroatoms. The largest absolute Gasteiger partial charge is 0.491 e. The van der Waals surface area contributed by atoms with Crippen molar-refractivity contribution in [1.82, 2.24) is 29.8 Å². The summed E-state index contributed by atoms with van der Waals surface area (Å²) in [5.41, 5.74) is 2.34. The number of methoxy groups -OCH3 is 2. The minimum Gasteiger partial charge on any atom is -0.491 e. The molecule has 0 aliphatic heterocycles. The fourth-order valence-corrected chi connectivity index (χ4v) is 2.61. The zero-order valence-corrected chi connectivity index (χ0v) is 19.0. The van der Waals surface area contributed by atoms with Gasteiger partial charge in [0.1, 0.15) is 11.6 Å². The Morgan fingerprint density at radius 3 is 2.24 bits per heavy atom. The lowest BCUT2D eigenvalue weighted by Crippen LogP contribution is -2.02. The van der Waals surface area contributed by atoms with Crippen molar-refractivity contribution in [3.05, 3.63) is 54.9 Å². The van der Waals surface area contributed by atoms with Gasteiger partial charge in [-0.2, -0.15) is 4.98 Å². The first kappa shape index (κ1) is 23.5. The molecule has 0 fully saturated rings. The maximum Gasteiger partial charge on any atom is 0.256 e. The third kappa shape index (κ3) is 6.68. The Bertz CT molecular complexity index is 1230. The third-order valence-electron chi connectivity index (χ3n) is 3.91. The Kier molecular flexibility index (Phi) is 7.82. The number of nitrogens with one attached hydrogen (secondary N) is 2. The molecule has 0 aliphatic carbocycles. The Morgan fingerprint density at radius 2 is 1.52 bits per heavy atom. The first-order chi connectivity index (χ1) is 15.9. The van der Waals surface area contributed by atoms with E-state index in [1.807, 2.05) is 26.0 Å². The highest BCUT2D eigenvalue weighted by atomic mass is 19.1. The number of anilines is 4. The Hall–Kier alpha value is -4.12. The van der Waals surface area contributed by atoms with Gasteiger partial charge in [-0.15, -0.1) is 0 Å². The van der Waals surface area contributed by atoms with Crippen molar-refractivity contribution in [3.63, 3.8) is 0 Å². The van der Waals surface area contributed by atoms with Gasteiger partial charge in [-0.1, -0.05) is 0 Å². The maximum atomic E-state index is 13.2. The second-order valence-electron chi connectivity index (χ2n) is 7.21. The number of rotatable bonds is 6. The van der Waals surface area contributed by atoms with Crippen LogP contribution in [0.1, 0.15) is 2.85 Å². The Labute approximate surface area is 193 Å². The van der Waals surface area contributed by atoms with Gasteiger partial charge < -0.3 is 25.0 Å². The molecule has 33 heavy (non-hydrogen) atoms. The smallest absolute Gasteiger partial charge is 0.256 e. The van der Waals surface area contributed by atoms with Crippen molar-refractivity contribution in [3.8, 4) is 11.6 Å². The molecule has 10 nitrogen and oxygen atoms in total. The SMILES string of the molecule is CN(C)C.COc1cc(Nc2nccc(Nc3cnc4cc(F)cnc4c3)n2)cnc1OC.[HH].[HH]. The van der Waals surface area contributed by atoms with Crippen molar-refractivity contribution < 1.29 is 16.7 Å². The summed E-state index contributed by atoms with van der Waals surface area (Å²) in [6.07, 6.45) is 5.92. The Balaban J connectivity index is 0.000000950. The zero-order valence-electron chi connectivity index (χ0n) is 19.0. The van der Waals surface area contributed by atoms with Crippen LogP contribution in [0, 0.1) is 5.82 Å². The van der Waals surface area contributed by atoms with E-state index in [1.54, 1.807) is 36.8 Å². The average molecular weight is 457 g/mol. The van der Waals surface area contributed by atoms with Gasteiger partial charge in [0.05, 0.1) is 55.2 Å². The van der Waals surface area contributed by atoms with Gasteiger partial charge in [-0.05, 0) is 33.3 Å². The molecule has 4 heterocycles. The predicted octanol–water partition coefficient (Wildman–Crippen LogP) is 4.13. The van der Waals surface area contributed by atoms with E-state index in [9.17, 15) is 4.39 Å². The van der Waals surface area contributed by atoms with E-state index in [-0.39, 0.29) is 2.85 Å². The molecule has 0 aromatic carbocycles. The fraction of sp³-hybridized carbons (Fsp3) is 0.227. The normalized spacial score (nSPS) is 10.4. The summed E-state index contributed by atoms with van der Waals surface area (Å²) in [5.74, 6) is 1.34. The van der Waals surface area contributed by atoms with Crippen molar-refractivity contribution in [1.29, 1.82) is 0 Å². The van der Waals surface area contributed by atoms with Gasteiger partial charge in [0, 0.05) is 21.2 Å². The topological polar surface area (TPSA) is 110 Å². The molecule has 0 bridgehead atoms. The van der Waals surface area contributed by atoms with Crippen LogP contribution in [0.4, 0.5) is 27.5 Å². The van der Waals surface area contributed by atoms with Gasteiger partial charge in [-0.25, -0.2) is 14.4 Å². The molecule has 176 valence electrons. The minimum absolute atomic E-state index is 0. The van der Waals surface area contributed by atoms with Crippen molar-refractivity contribution >= 4 is 34.2 Å². The van der Waals surface area contributed by atoms with Crippen LogP contribution in [-0.4, -0.2) is 65.2 Å². The van der Waals surface area contributed by atoms with Gasteiger partial charge in [0.25, 0.3) is 5.88 Å². The van der Waals surface area contributed by atoms with E-state index in [2.05, 4.69) is 35.6 Å². The van der Waals surface area contributed by atoms with E-state index in [1.165, 1.54) is 20.3 Å². The molecule has 0 spiro atoms. The van der Waals surface area contributed by atoms with Crippen LogP contribution in [-0.2, 0) is 0 Å². The van der Waals surface area contributed by atoms with Gasteiger partial charge >= 0.3 is 0 Å². The first-order valence-corrected chi connectivity index (χ1v) is 9.85. The fourth-order valence-electron chi connectivity index (χ4n) is 2.61. The van der Waals surface area contributed by atoms with Crippen LogP contribution in [0.25, 0.3) is 11.0 Å². The molecule has 4 rings (SSSR count). The zero-order chi connectivity index (χ0) is 23.8. The van der Waals surface area contributed by atoms with E-state index < -0.39 is 5.82 Å². The van der Waals surface area contributed by atoms with E-state index >= 15 is 0 Å². The summed E-state index contributed by atoms with van der Waals surface area (Å²) < 4.78 is 23.6. The lowest BCUT2D eigenvalue weighted by Gasteiger charge is -2.10. The second kappa shape index (κ2) is 11.0.